The number of hydrogen-bond donors (Lipinski definition) is 0. The van der Waals surface area contributed by atoms with Crippen LogP contribution in [0.5, 0.6) is 5.75 Å². The summed E-state index contributed by atoms with van der Waals surface area (Å²) in [4.78, 5) is 14.8. The van der Waals surface area contributed by atoms with E-state index in [1.165, 1.54) is 18.4 Å². The van der Waals surface area contributed by atoms with Gasteiger partial charge in [0.25, 0.3) is 0 Å². The van der Waals surface area contributed by atoms with Crippen LogP contribution in [0.25, 0.3) is 0 Å². The molecule has 1 heterocycles. The van der Waals surface area contributed by atoms with E-state index < -0.39 is 0 Å². The van der Waals surface area contributed by atoms with Gasteiger partial charge >= 0.3 is 0 Å². The second-order valence-corrected chi connectivity index (χ2v) is 6.05. The van der Waals surface area contributed by atoms with Gasteiger partial charge in [-0.2, -0.15) is 0 Å². The van der Waals surface area contributed by atoms with Gasteiger partial charge in [-0.1, -0.05) is 25.1 Å². The van der Waals surface area contributed by atoms with Crippen molar-refractivity contribution in [3.05, 3.63) is 29.8 Å². The number of hydrogen-bond acceptors (Lipinski definition) is 2. The van der Waals surface area contributed by atoms with Crippen molar-refractivity contribution in [1.82, 2.24) is 4.90 Å². The van der Waals surface area contributed by atoms with Crippen LogP contribution in [0.4, 0.5) is 0 Å². The molecule has 2 aliphatic rings. The van der Waals surface area contributed by atoms with Gasteiger partial charge in [0.15, 0.2) is 0 Å². The highest BCUT2D eigenvalue weighted by Crippen LogP contribution is 2.32. The van der Waals surface area contributed by atoms with Crippen molar-refractivity contribution in [2.75, 3.05) is 19.7 Å². The molecule has 3 nitrogen and oxygen atoms in total. The molecule has 20 heavy (non-hydrogen) atoms. The SMILES string of the molecule is CCCN(CC1CC1)C(=O)C1COc2ccccc2C1. The Labute approximate surface area is 120 Å². The molecule has 1 aromatic rings. The molecule has 0 spiro atoms. The van der Waals surface area contributed by atoms with Crippen LogP contribution < -0.4 is 4.74 Å². The summed E-state index contributed by atoms with van der Waals surface area (Å²) in [6, 6.07) is 8.06. The third kappa shape index (κ3) is 2.97. The Kier molecular flexibility index (Phi) is 3.95. The highest BCUT2D eigenvalue weighted by Gasteiger charge is 2.32. The van der Waals surface area contributed by atoms with E-state index in [0.29, 0.717) is 6.61 Å². The average Bonchev–Trinajstić information content (AvgIpc) is 3.29. The van der Waals surface area contributed by atoms with E-state index in [4.69, 9.17) is 4.74 Å². The Hall–Kier alpha value is -1.51. The van der Waals surface area contributed by atoms with E-state index in [1.54, 1.807) is 0 Å². The second kappa shape index (κ2) is 5.86. The van der Waals surface area contributed by atoms with Crippen molar-refractivity contribution in [3.8, 4) is 5.75 Å². The predicted octanol–water partition coefficient (Wildman–Crippen LogP) is 2.89. The fourth-order valence-corrected chi connectivity index (χ4v) is 2.92. The lowest BCUT2D eigenvalue weighted by Gasteiger charge is -2.30. The van der Waals surface area contributed by atoms with Gasteiger partial charge in [0.05, 0.1) is 5.92 Å². The molecule has 0 aromatic heterocycles. The van der Waals surface area contributed by atoms with Gasteiger partial charge in [0.1, 0.15) is 12.4 Å². The smallest absolute Gasteiger partial charge is 0.229 e. The monoisotopic (exact) mass is 273 g/mol. The zero-order valence-electron chi connectivity index (χ0n) is 12.2. The molecular weight excluding hydrogens is 250 g/mol. The van der Waals surface area contributed by atoms with Crippen LogP contribution in [0.15, 0.2) is 24.3 Å². The summed E-state index contributed by atoms with van der Waals surface area (Å²) < 4.78 is 5.76. The number of nitrogens with zero attached hydrogens (tertiary/aromatic N) is 1. The van der Waals surface area contributed by atoms with E-state index in [2.05, 4.69) is 17.9 Å². The van der Waals surface area contributed by atoms with Gasteiger partial charge in [-0.25, -0.2) is 0 Å². The number of ether oxygens (including phenoxy) is 1. The predicted molar refractivity (Wildman–Crippen MR) is 78.7 cm³/mol. The Bertz CT molecular complexity index is 482. The molecule has 0 radical (unpaired) electrons. The zero-order chi connectivity index (χ0) is 13.9. The molecular formula is C17H23NO2. The highest BCUT2D eigenvalue weighted by atomic mass is 16.5. The average molecular weight is 273 g/mol. The highest BCUT2D eigenvalue weighted by molar-refractivity contribution is 5.79. The fourth-order valence-electron chi connectivity index (χ4n) is 2.92. The number of para-hydroxylation sites is 1. The summed E-state index contributed by atoms with van der Waals surface area (Å²) in [5.41, 5.74) is 1.17. The standard InChI is InChI=1S/C17H23NO2/c1-2-9-18(11-13-7-8-13)17(19)15-10-14-5-3-4-6-16(14)20-12-15/h3-6,13,15H,2,7-12H2,1H3. The van der Waals surface area contributed by atoms with Gasteiger partial charge in [-0.3, -0.25) is 4.79 Å². The van der Waals surface area contributed by atoms with E-state index in [1.807, 2.05) is 18.2 Å². The lowest BCUT2D eigenvalue weighted by Crippen LogP contribution is -2.42. The van der Waals surface area contributed by atoms with Gasteiger partial charge < -0.3 is 9.64 Å². The molecule has 1 aliphatic heterocycles. The number of benzene rings is 1. The lowest BCUT2D eigenvalue weighted by molar-refractivity contribution is -0.137. The van der Waals surface area contributed by atoms with Crippen molar-refractivity contribution >= 4 is 5.91 Å². The van der Waals surface area contributed by atoms with Crippen molar-refractivity contribution < 1.29 is 9.53 Å². The minimum atomic E-state index is -0.00444. The summed E-state index contributed by atoms with van der Waals surface area (Å²) >= 11 is 0. The summed E-state index contributed by atoms with van der Waals surface area (Å²) in [6.07, 6.45) is 4.43. The van der Waals surface area contributed by atoms with Gasteiger partial charge in [0, 0.05) is 13.1 Å². The van der Waals surface area contributed by atoms with E-state index >= 15 is 0 Å². The molecule has 1 aliphatic carbocycles. The van der Waals surface area contributed by atoms with Crippen LogP contribution in [-0.4, -0.2) is 30.5 Å². The Balaban J connectivity index is 1.67. The summed E-state index contributed by atoms with van der Waals surface area (Å²) in [6.45, 7) is 4.50. The lowest BCUT2D eigenvalue weighted by atomic mass is 9.95. The third-order valence-electron chi connectivity index (χ3n) is 4.21. The zero-order valence-corrected chi connectivity index (χ0v) is 12.2. The van der Waals surface area contributed by atoms with Gasteiger partial charge in [-0.05, 0) is 43.2 Å². The first-order valence-electron chi connectivity index (χ1n) is 7.77. The molecule has 1 amide bonds. The Morgan fingerprint density at radius 3 is 2.90 bits per heavy atom. The van der Waals surface area contributed by atoms with Gasteiger partial charge in [0.2, 0.25) is 5.91 Å². The summed E-state index contributed by atoms with van der Waals surface area (Å²) in [7, 11) is 0. The fraction of sp³-hybridized carbons (Fsp3) is 0.588. The van der Waals surface area contributed by atoms with Gasteiger partial charge in [-0.15, -0.1) is 0 Å². The van der Waals surface area contributed by atoms with Crippen LogP contribution in [0.3, 0.4) is 0 Å². The van der Waals surface area contributed by atoms with E-state index in [-0.39, 0.29) is 11.8 Å². The molecule has 3 heteroatoms. The van der Waals surface area contributed by atoms with Crippen molar-refractivity contribution in [2.24, 2.45) is 11.8 Å². The molecule has 1 aromatic carbocycles. The number of carbonyl (C=O) groups excluding carboxylic acids is 1. The normalized spacial score (nSPS) is 20.9. The maximum atomic E-state index is 12.7. The van der Waals surface area contributed by atoms with Crippen molar-refractivity contribution in [3.63, 3.8) is 0 Å². The van der Waals surface area contributed by atoms with Crippen molar-refractivity contribution in [2.45, 2.75) is 32.6 Å². The molecule has 0 bridgehead atoms. The quantitative estimate of drug-likeness (QED) is 0.825. The first kappa shape index (κ1) is 13.5. The first-order chi connectivity index (χ1) is 9.78. The molecule has 3 rings (SSSR count). The molecule has 1 unspecified atom stereocenters. The van der Waals surface area contributed by atoms with E-state index in [9.17, 15) is 4.79 Å². The number of fused-ring (bicyclic) bond motifs is 1. The number of amides is 1. The van der Waals surface area contributed by atoms with Crippen LogP contribution in [0.2, 0.25) is 0 Å². The molecule has 0 saturated heterocycles. The van der Waals surface area contributed by atoms with Crippen LogP contribution in [-0.2, 0) is 11.2 Å². The maximum absolute atomic E-state index is 12.7. The second-order valence-electron chi connectivity index (χ2n) is 6.05. The molecule has 0 N–H and O–H groups in total. The third-order valence-corrected chi connectivity index (χ3v) is 4.21. The molecule has 108 valence electrons. The molecule has 1 atom stereocenters. The minimum Gasteiger partial charge on any atom is -0.492 e. The maximum Gasteiger partial charge on any atom is 0.229 e. The number of rotatable bonds is 5. The molecule has 1 fully saturated rings. The van der Waals surface area contributed by atoms with Crippen LogP contribution in [0, 0.1) is 11.8 Å². The number of carbonyl (C=O) groups is 1. The van der Waals surface area contributed by atoms with Crippen molar-refractivity contribution in [1.29, 1.82) is 0 Å². The summed E-state index contributed by atoms with van der Waals surface area (Å²) in [5.74, 6) is 1.98. The summed E-state index contributed by atoms with van der Waals surface area (Å²) in [5, 5.41) is 0. The Morgan fingerprint density at radius 1 is 1.35 bits per heavy atom. The first-order valence-corrected chi connectivity index (χ1v) is 7.77. The molecule has 1 saturated carbocycles. The van der Waals surface area contributed by atoms with Crippen LogP contribution in [0.1, 0.15) is 31.7 Å². The van der Waals surface area contributed by atoms with Crippen LogP contribution >= 0.6 is 0 Å². The minimum absolute atomic E-state index is 0.00444. The largest absolute Gasteiger partial charge is 0.492 e. The Morgan fingerprint density at radius 2 is 2.15 bits per heavy atom. The topological polar surface area (TPSA) is 29.5 Å². The van der Waals surface area contributed by atoms with E-state index in [0.717, 1.165) is 37.6 Å².